The van der Waals surface area contributed by atoms with Gasteiger partial charge in [-0.15, -0.1) is 0 Å². The van der Waals surface area contributed by atoms with Crippen molar-refractivity contribution in [2.45, 2.75) is 71.3 Å². The van der Waals surface area contributed by atoms with Crippen LogP contribution < -0.4 is 9.64 Å². The molecule has 2 aliphatic heterocycles. The Morgan fingerprint density at radius 1 is 1.16 bits per heavy atom. The number of rotatable bonds is 9. The number of aliphatic hydroxyl groups is 1. The van der Waals surface area contributed by atoms with Crippen LogP contribution in [-0.2, 0) is 22.5 Å². The number of alkyl halides is 3. The molecule has 8 nitrogen and oxygen atoms in total. The van der Waals surface area contributed by atoms with Crippen molar-refractivity contribution < 1.29 is 37.7 Å². The van der Waals surface area contributed by atoms with E-state index in [1.165, 1.54) is 6.08 Å². The molecule has 1 aromatic carbocycles. The molecule has 3 heterocycles. The van der Waals surface area contributed by atoms with Crippen LogP contribution in [0.25, 0.3) is 11.1 Å². The van der Waals surface area contributed by atoms with E-state index < -0.39 is 41.7 Å². The Morgan fingerprint density at radius 3 is 2.55 bits per heavy atom. The van der Waals surface area contributed by atoms with Crippen molar-refractivity contribution in [1.82, 2.24) is 9.88 Å². The van der Waals surface area contributed by atoms with Crippen LogP contribution in [0.15, 0.2) is 65.8 Å². The van der Waals surface area contributed by atoms with Gasteiger partial charge in [-0.1, -0.05) is 24.3 Å². The molecule has 3 unspecified atom stereocenters. The number of carboxylic acids is 1. The highest BCUT2D eigenvalue weighted by atomic mass is 19.4. The highest BCUT2D eigenvalue weighted by molar-refractivity contribution is 5.76. The molecule has 0 bridgehead atoms. The van der Waals surface area contributed by atoms with Crippen molar-refractivity contribution in [2.24, 2.45) is 5.41 Å². The van der Waals surface area contributed by atoms with Crippen molar-refractivity contribution in [3.8, 4) is 16.9 Å². The minimum absolute atomic E-state index is 0.148. The summed E-state index contributed by atoms with van der Waals surface area (Å²) in [4.78, 5) is 20.7. The summed E-state index contributed by atoms with van der Waals surface area (Å²) in [5.41, 5.74) is 1.57. The van der Waals surface area contributed by atoms with Gasteiger partial charge in [0.2, 0.25) is 6.41 Å². The number of ether oxygens (including phenoxy) is 2. The van der Waals surface area contributed by atoms with Crippen molar-refractivity contribution in [2.75, 3.05) is 25.1 Å². The molecule has 0 radical (unpaired) electrons. The molecule has 0 saturated carbocycles. The molecule has 236 valence electrons. The Hall–Kier alpha value is -3.67. The third-order valence-corrected chi connectivity index (χ3v) is 8.56. The first-order valence-electron chi connectivity index (χ1n) is 14.7. The van der Waals surface area contributed by atoms with E-state index in [1.54, 1.807) is 38.0 Å². The quantitative estimate of drug-likeness (QED) is 0.363. The number of aromatic nitrogens is 1. The summed E-state index contributed by atoms with van der Waals surface area (Å²) in [6.07, 6.45) is 0.155. The molecule has 11 heteroatoms. The number of aliphatic carboxylic acids is 1. The highest BCUT2D eigenvalue weighted by Gasteiger charge is 2.42. The Balaban J connectivity index is 1.51. The van der Waals surface area contributed by atoms with Gasteiger partial charge in [0.1, 0.15) is 11.6 Å². The zero-order chi connectivity index (χ0) is 31.8. The lowest BCUT2D eigenvalue weighted by Gasteiger charge is -2.33. The monoisotopic (exact) mass is 613 g/mol. The first-order valence-corrected chi connectivity index (χ1v) is 14.7. The second-order valence-corrected chi connectivity index (χ2v) is 12.2. The van der Waals surface area contributed by atoms with E-state index >= 15 is 0 Å². The van der Waals surface area contributed by atoms with Gasteiger partial charge in [-0.3, -0.25) is 4.79 Å². The summed E-state index contributed by atoms with van der Waals surface area (Å²) in [5.74, 6) is 0.458. The smallest absolute Gasteiger partial charge is 0.416 e. The van der Waals surface area contributed by atoms with Gasteiger partial charge in [-0.25, -0.2) is 9.88 Å². The molecule has 2 fully saturated rings. The molecular weight excluding hydrogens is 575 g/mol. The van der Waals surface area contributed by atoms with E-state index in [1.807, 2.05) is 31.2 Å². The van der Waals surface area contributed by atoms with Crippen molar-refractivity contribution >= 4 is 11.8 Å². The Labute approximate surface area is 255 Å². The number of aliphatic hydroxyl groups excluding tert-OH is 1. The van der Waals surface area contributed by atoms with Crippen LogP contribution in [0.2, 0.25) is 0 Å². The fourth-order valence-corrected chi connectivity index (χ4v) is 5.79. The Kier molecular flexibility index (Phi) is 8.93. The summed E-state index contributed by atoms with van der Waals surface area (Å²) >= 11 is 0. The van der Waals surface area contributed by atoms with Crippen LogP contribution in [0.1, 0.15) is 44.9 Å². The van der Waals surface area contributed by atoms with Gasteiger partial charge in [-0.05, 0) is 81.5 Å². The molecule has 1 aromatic heterocycles. The lowest BCUT2D eigenvalue weighted by atomic mass is 9.85. The fourth-order valence-electron chi connectivity index (χ4n) is 5.79. The lowest BCUT2D eigenvalue weighted by molar-refractivity contribution is -0.148. The molecule has 3 aliphatic rings. The summed E-state index contributed by atoms with van der Waals surface area (Å²) in [5, 5.41) is 20.7. The predicted molar refractivity (Wildman–Crippen MR) is 160 cm³/mol. The normalized spacial score (nSPS) is 22.7. The zero-order valence-corrected chi connectivity index (χ0v) is 25.3. The molecule has 44 heavy (non-hydrogen) atoms. The summed E-state index contributed by atoms with van der Waals surface area (Å²) in [6, 6.07) is 8.97. The maximum Gasteiger partial charge on any atom is 0.416 e. The van der Waals surface area contributed by atoms with Gasteiger partial charge >= 0.3 is 12.1 Å². The molecule has 0 amide bonds. The number of anilines is 1. The van der Waals surface area contributed by atoms with Gasteiger partial charge in [0.05, 0.1) is 29.9 Å². The summed E-state index contributed by atoms with van der Waals surface area (Å²) < 4.78 is 52.3. The largest absolute Gasteiger partial charge is 0.496 e. The predicted octanol–water partition coefficient (Wildman–Crippen LogP) is 5.86. The van der Waals surface area contributed by atoms with Crippen LogP contribution >= 0.6 is 0 Å². The van der Waals surface area contributed by atoms with Crippen molar-refractivity contribution in [3.63, 3.8) is 0 Å². The Bertz CT molecular complexity index is 1500. The van der Waals surface area contributed by atoms with Gasteiger partial charge in [-0.2, -0.15) is 13.2 Å². The number of carboxylic acid groups (broad SMARTS) is 1. The van der Waals surface area contributed by atoms with E-state index in [0.29, 0.717) is 23.4 Å². The molecule has 2 N–H and O–H groups in total. The van der Waals surface area contributed by atoms with Gasteiger partial charge in [0.15, 0.2) is 0 Å². The van der Waals surface area contributed by atoms with Crippen LogP contribution in [0.3, 0.4) is 0 Å². The number of methoxy groups -OCH3 is 1. The highest BCUT2D eigenvalue weighted by Crippen LogP contribution is 2.39. The third-order valence-electron chi connectivity index (χ3n) is 8.56. The maximum absolute atomic E-state index is 13.6. The molecule has 1 aliphatic carbocycles. The number of benzene rings is 1. The number of hydrogen-bond donors (Lipinski definition) is 2. The second-order valence-electron chi connectivity index (χ2n) is 12.2. The Morgan fingerprint density at radius 2 is 1.91 bits per heavy atom. The second kappa shape index (κ2) is 12.4. The van der Waals surface area contributed by atoms with E-state index in [4.69, 9.17) is 14.5 Å². The first-order chi connectivity index (χ1) is 20.8. The first kappa shape index (κ1) is 31.7. The van der Waals surface area contributed by atoms with Crippen LogP contribution in [-0.4, -0.2) is 71.0 Å². The SMILES string of the molecule is COc1ccc(CC(C)(C)C(=O)O)cc1-c1ccc(N2CCC2)nc1CN1C(O)OC(C2=CC(C(F)(F)F)=CC=CC2)C1C. The number of pyridine rings is 1. The standard InChI is InChI=1S/C33H38F3N3O5/c1-20-29(22-8-5-6-9-23(17-22)33(34,35)36)44-31(42)39(20)19-26-24(11-13-28(37-26)38-14-7-15-38)25-16-21(10-12-27(25)43-4)18-32(2,3)30(40)41/h5-6,9-13,16-17,20,29,31,42H,7-8,14-15,18-19H2,1-4H3,(H,40,41). The van der Waals surface area contributed by atoms with Crippen molar-refractivity contribution in [3.05, 3.63) is 77.0 Å². The van der Waals surface area contributed by atoms with E-state index in [9.17, 15) is 28.2 Å². The summed E-state index contributed by atoms with van der Waals surface area (Å²) in [6.45, 7) is 7.07. The van der Waals surface area contributed by atoms with Gasteiger partial charge < -0.3 is 24.6 Å². The molecular formula is C33H38F3N3O5. The molecule has 2 aromatic rings. The number of allylic oxidation sites excluding steroid dienone is 5. The average Bonchev–Trinajstić information content (AvgIpc) is 3.08. The molecule has 3 atom stereocenters. The lowest BCUT2D eigenvalue weighted by Crippen LogP contribution is -2.39. The number of hydrogen-bond acceptors (Lipinski definition) is 7. The van der Waals surface area contributed by atoms with E-state index in [2.05, 4.69) is 4.90 Å². The maximum atomic E-state index is 13.6. The number of carbonyl (C=O) groups is 1. The van der Waals surface area contributed by atoms with Gasteiger partial charge in [0, 0.05) is 36.8 Å². The van der Waals surface area contributed by atoms with E-state index in [0.717, 1.165) is 54.2 Å². The molecule has 2 saturated heterocycles. The molecule has 5 rings (SSSR count). The van der Waals surface area contributed by atoms with Crippen molar-refractivity contribution in [1.29, 1.82) is 0 Å². The summed E-state index contributed by atoms with van der Waals surface area (Å²) in [7, 11) is 1.56. The average molecular weight is 614 g/mol. The van der Waals surface area contributed by atoms with E-state index in [-0.39, 0.29) is 13.0 Å². The minimum Gasteiger partial charge on any atom is -0.496 e. The third kappa shape index (κ3) is 6.55. The topological polar surface area (TPSA) is 95.4 Å². The zero-order valence-electron chi connectivity index (χ0n) is 25.3. The van der Waals surface area contributed by atoms with Crippen LogP contribution in [0.4, 0.5) is 19.0 Å². The van der Waals surface area contributed by atoms with Crippen LogP contribution in [0, 0.1) is 5.41 Å². The minimum atomic E-state index is -4.51. The molecule has 0 spiro atoms. The van der Waals surface area contributed by atoms with Crippen LogP contribution in [0.5, 0.6) is 5.75 Å². The number of nitrogens with zero attached hydrogens (tertiary/aromatic N) is 3. The fraction of sp³-hybridized carbons (Fsp3) is 0.455. The number of halogens is 3. The van der Waals surface area contributed by atoms with Gasteiger partial charge in [0.25, 0.3) is 0 Å².